The molecule has 1 unspecified atom stereocenters. The number of thioether (sulfide) groups is 1. The first-order chi connectivity index (χ1) is 13.9. The van der Waals surface area contributed by atoms with Crippen molar-refractivity contribution in [3.05, 3.63) is 66.8 Å². The Labute approximate surface area is 169 Å². The molecule has 0 aliphatic heterocycles. The number of aromatic nitrogens is 3. The molecule has 1 aromatic heterocycles. The summed E-state index contributed by atoms with van der Waals surface area (Å²) in [5.41, 5.74) is 1.11. The summed E-state index contributed by atoms with van der Waals surface area (Å²) >= 11 is 1.10. The zero-order chi connectivity index (χ0) is 20.8. The van der Waals surface area contributed by atoms with E-state index in [-0.39, 0.29) is 17.6 Å². The second-order valence-electron chi connectivity index (χ2n) is 6.03. The van der Waals surface area contributed by atoms with E-state index in [4.69, 9.17) is 0 Å². The third kappa shape index (κ3) is 5.61. The lowest BCUT2D eigenvalue weighted by molar-refractivity contribution is -0.119. The van der Waals surface area contributed by atoms with Crippen molar-refractivity contribution in [2.75, 3.05) is 16.4 Å². The topological polar surface area (TPSA) is 88.9 Å². The van der Waals surface area contributed by atoms with Gasteiger partial charge in [0.05, 0.1) is 5.75 Å². The molecule has 7 nitrogen and oxygen atoms in total. The number of halogens is 2. The molecule has 1 heterocycles. The maximum absolute atomic E-state index is 13.2. The van der Waals surface area contributed by atoms with E-state index >= 15 is 0 Å². The maximum atomic E-state index is 13.2. The number of benzene rings is 2. The van der Waals surface area contributed by atoms with Crippen LogP contribution in [-0.4, -0.2) is 32.3 Å². The molecule has 0 fully saturated rings. The minimum absolute atomic E-state index is 0.0407. The van der Waals surface area contributed by atoms with Crippen molar-refractivity contribution in [1.29, 1.82) is 0 Å². The fourth-order valence-corrected chi connectivity index (χ4v) is 3.05. The van der Waals surface area contributed by atoms with Gasteiger partial charge in [-0.05, 0) is 49.4 Å². The van der Waals surface area contributed by atoms with E-state index in [2.05, 4.69) is 20.7 Å². The Balaban J connectivity index is 1.50. The zero-order valence-electron chi connectivity index (χ0n) is 15.3. The average Bonchev–Trinajstić information content (AvgIpc) is 3.24. The molecule has 29 heavy (non-hydrogen) atoms. The summed E-state index contributed by atoms with van der Waals surface area (Å²) in [5, 5.41) is 9.39. The van der Waals surface area contributed by atoms with Crippen LogP contribution in [0.3, 0.4) is 0 Å². The van der Waals surface area contributed by atoms with Gasteiger partial charge in [-0.1, -0.05) is 0 Å². The highest BCUT2D eigenvalue weighted by Gasteiger charge is 2.15. The van der Waals surface area contributed by atoms with Crippen molar-refractivity contribution in [2.45, 2.75) is 17.9 Å². The van der Waals surface area contributed by atoms with E-state index < -0.39 is 17.7 Å². The second kappa shape index (κ2) is 9.28. The Morgan fingerprint density at radius 3 is 2.38 bits per heavy atom. The van der Waals surface area contributed by atoms with Gasteiger partial charge in [0.15, 0.2) is 11.6 Å². The van der Waals surface area contributed by atoms with E-state index in [9.17, 15) is 18.4 Å². The van der Waals surface area contributed by atoms with Crippen molar-refractivity contribution in [2.24, 2.45) is 0 Å². The molecule has 0 aliphatic rings. The largest absolute Gasteiger partial charge is 0.325 e. The number of nitrogens with one attached hydrogen (secondary N) is 2. The van der Waals surface area contributed by atoms with Gasteiger partial charge >= 0.3 is 0 Å². The van der Waals surface area contributed by atoms with Crippen LogP contribution in [0.1, 0.15) is 13.0 Å². The van der Waals surface area contributed by atoms with Crippen LogP contribution in [0.5, 0.6) is 0 Å². The quantitative estimate of drug-likeness (QED) is 0.575. The van der Waals surface area contributed by atoms with Crippen LogP contribution in [-0.2, 0) is 9.59 Å². The molecule has 150 valence electrons. The molecule has 0 bridgehead atoms. The minimum atomic E-state index is -0.953. The number of carbonyl (C=O) groups is 2. The first kappa shape index (κ1) is 20.5. The molecule has 2 amide bonds. The molecule has 2 aromatic carbocycles. The molecule has 10 heteroatoms. The first-order valence-corrected chi connectivity index (χ1v) is 9.53. The van der Waals surface area contributed by atoms with Crippen molar-refractivity contribution in [3.8, 4) is 0 Å². The molecular weight excluding hydrogens is 400 g/mol. The number of carbonyl (C=O) groups excluding carboxylic acids is 2. The van der Waals surface area contributed by atoms with Crippen molar-refractivity contribution >= 4 is 35.0 Å². The molecule has 0 radical (unpaired) electrons. The summed E-state index contributed by atoms with van der Waals surface area (Å²) in [4.78, 5) is 28.5. The monoisotopic (exact) mass is 417 g/mol. The number of hydrogen-bond donors (Lipinski definition) is 2. The van der Waals surface area contributed by atoms with Gasteiger partial charge in [0, 0.05) is 16.3 Å². The van der Waals surface area contributed by atoms with Gasteiger partial charge < -0.3 is 10.6 Å². The molecule has 0 aliphatic carbocycles. The highest BCUT2D eigenvalue weighted by Crippen LogP contribution is 2.21. The molecule has 1 atom stereocenters. The molecular formula is C19H17F2N5O2S. The standard InChI is InChI=1S/C19H17F2N5O2S/c1-12(26-11-22-10-23-26)19(28)25-14-4-2-13(3-5-14)24-18(27)9-29-15-6-7-16(20)17(21)8-15/h2-8,10-12H,9H2,1H3,(H,24,27)(H,25,28). The molecule has 0 saturated carbocycles. The van der Waals surface area contributed by atoms with E-state index in [0.717, 1.165) is 23.9 Å². The lowest BCUT2D eigenvalue weighted by atomic mass is 10.2. The summed E-state index contributed by atoms with van der Waals surface area (Å²) in [7, 11) is 0. The number of nitrogens with zero attached hydrogens (tertiary/aromatic N) is 3. The normalized spacial score (nSPS) is 11.7. The van der Waals surface area contributed by atoms with Gasteiger partial charge in [-0.15, -0.1) is 11.8 Å². The van der Waals surface area contributed by atoms with Crippen LogP contribution >= 0.6 is 11.8 Å². The average molecular weight is 417 g/mol. The predicted molar refractivity (Wildman–Crippen MR) is 106 cm³/mol. The summed E-state index contributed by atoms with van der Waals surface area (Å²) in [6, 6.07) is 9.57. The maximum Gasteiger partial charge on any atom is 0.249 e. The zero-order valence-corrected chi connectivity index (χ0v) is 16.1. The molecule has 3 rings (SSSR count). The van der Waals surface area contributed by atoms with Gasteiger partial charge in [-0.2, -0.15) is 5.10 Å². The smallest absolute Gasteiger partial charge is 0.249 e. The fraction of sp³-hybridized carbons (Fsp3) is 0.158. The minimum Gasteiger partial charge on any atom is -0.325 e. The Bertz CT molecular complexity index is 996. The Morgan fingerprint density at radius 1 is 1.07 bits per heavy atom. The Morgan fingerprint density at radius 2 is 1.76 bits per heavy atom. The summed E-state index contributed by atoms with van der Waals surface area (Å²) < 4.78 is 27.5. The van der Waals surface area contributed by atoms with Crippen LogP contribution in [0.25, 0.3) is 0 Å². The summed E-state index contributed by atoms with van der Waals surface area (Å²) in [6.07, 6.45) is 2.81. The summed E-state index contributed by atoms with van der Waals surface area (Å²) in [5.74, 6) is -2.39. The van der Waals surface area contributed by atoms with Gasteiger partial charge in [0.1, 0.15) is 18.7 Å². The molecule has 2 N–H and O–H groups in total. The van der Waals surface area contributed by atoms with Crippen LogP contribution < -0.4 is 10.6 Å². The van der Waals surface area contributed by atoms with Crippen LogP contribution in [0, 0.1) is 11.6 Å². The second-order valence-corrected chi connectivity index (χ2v) is 7.08. The molecule has 3 aromatic rings. The molecule has 0 saturated heterocycles. The van der Waals surface area contributed by atoms with Crippen molar-refractivity contribution < 1.29 is 18.4 Å². The van der Waals surface area contributed by atoms with Gasteiger partial charge in [0.25, 0.3) is 0 Å². The number of rotatable bonds is 7. The van der Waals surface area contributed by atoms with Gasteiger partial charge in [-0.3, -0.25) is 9.59 Å². The van der Waals surface area contributed by atoms with Gasteiger partial charge in [0.2, 0.25) is 11.8 Å². The number of hydrogen-bond acceptors (Lipinski definition) is 5. The Hall–Kier alpha value is -3.27. The predicted octanol–water partition coefficient (Wildman–Crippen LogP) is 3.49. The third-order valence-corrected chi connectivity index (χ3v) is 4.90. The number of amides is 2. The van der Waals surface area contributed by atoms with E-state index in [1.807, 2.05) is 0 Å². The third-order valence-electron chi connectivity index (χ3n) is 3.91. The van der Waals surface area contributed by atoms with E-state index in [1.54, 1.807) is 31.2 Å². The summed E-state index contributed by atoms with van der Waals surface area (Å²) in [6.45, 7) is 1.70. The van der Waals surface area contributed by atoms with Crippen LogP contribution in [0.2, 0.25) is 0 Å². The SMILES string of the molecule is CC(C(=O)Nc1ccc(NC(=O)CSc2ccc(F)c(F)c2)cc1)n1cncn1. The first-order valence-electron chi connectivity index (χ1n) is 8.55. The fourth-order valence-electron chi connectivity index (χ4n) is 2.33. The lowest BCUT2D eigenvalue weighted by Gasteiger charge is -2.12. The van der Waals surface area contributed by atoms with Crippen molar-refractivity contribution in [3.63, 3.8) is 0 Å². The Kier molecular flexibility index (Phi) is 6.55. The highest BCUT2D eigenvalue weighted by molar-refractivity contribution is 8.00. The number of anilines is 2. The molecule has 0 spiro atoms. The van der Waals surface area contributed by atoms with Crippen LogP contribution in [0.15, 0.2) is 60.0 Å². The van der Waals surface area contributed by atoms with E-state index in [0.29, 0.717) is 16.3 Å². The van der Waals surface area contributed by atoms with Crippen molar-refractivity contribution in [1.82, 2.24) is 14.8 Å². The van der Waals surface area contributed by atoms with E-state index in [1.165, 1.54) is 23.4 Å². The lowest BCUT2D eigenvalue weighted by Crippen LogP contribution is -2.24. The van der Waals surface area contributed by atoms with Gasteiger partial charge in [-0.25, -0.2) is 18.4 Å². The van der Waals surface area contributed by atoms with Crippen LogP contribution in [0.4, 0.5) is 20.2 Å². The highest BCUT2D eigenvalue weighted by atomic mass is 32.2.